The first-order chi connectivity index (χ1) is 11.8. The number of aryl methyl sites for hydroxylation is 1. The van der Waals surface area contributed by atoms with Crippen LogP contribution in [0.15, 0.2) is 59.6 Å². The molecular formula is C18H15F3N2OS. The van der Waals surface area contributed by atoms with E-state index in [1.54, 1.807) is 0 Å². The summed E-state index contributed by atoms with van der Waals surface area (Å²) in [7, 11) is 1.95. The molecule has 3 aromatic rings. The Kier molecular flexibility index (Phi) is 4.76. The summed E-state index contributed by atoms with van der Waals surface area (Å²) in [4.78, 5) is 12.3. The van der Waals surface area contributed by atoms with Gasteiger partial charge in [-0.15, -0.1) is 0 Å². The zero-order valence-corrected chi connectivity index (χ0v) is 14.1. The Labute approximate surface area is 146 Å². The molecule has 0 aliphatic heterocycles. The number of hydrogen-bond acceptors (Lipinski definition) is 2. The van der Waals surface area contributed by atoms with Crippen LogP contribution in [0.4, 0.5) is 13.2 Å². The first kappa shape index (κ1) is 17.4. The van der Waals surface area contributed by atoms with Gasteiger partial charge in [-0.2, -0.15) is 13.2 Å². The number of nitrogens with zero attached hydrogens (tertiary/aromatic N) is 1. The number of fused-ring (bicyclic) bond motifs is 1. The van der Waals surface area contributed by atoms with Crippen molar-refractivity contribution in [1.82, 2.24) is 9.88 Å². The number of nitrogens with one attached hydrogen (secondary N) is 1. The first-order valence-corrected chi connectivity index (χ1v) is 8.32. The van der Waals surface area contributed by atoms with Crippen molar-refractivity contribution in [2.75, 3.05) is 0 Å². The van der Waals surface area contributed by atoms with E-state index in [1.165, 1.54) is 24.3 Å². The normalized spacial score (nSPS) is 11.7. The molecule has 25 heavy (non-hydrogen) atoms. The zero-order chi connectivity index (χ0) is 18.0. The fraction of sp³-hybridized carbons (Fsp3) is 0.167. The van der Waals surface area contributed by atoms with Crippen molar-refractivity contribution in [3.8, 4) is 0 Å². The summed E-state index contributed by atoms with van der Waals surface area (Å²) in [6, 6.07) is 13.2. The Balaban J connectivity index is 1.68. The lowest BCUT2D eigenvalue weighted by Crippen LogP contribution is -2.22. The van der Waals surface area contributed by atoms with Crippen LogP contribution >= 0.6 is 11.8 Å². The van der Waals surface area contributed by atoms with Gasteiger partial charge in [0.1, 0.15) is 0 Å². The van der Waals surface area contributed by atoms with Crippen molar-refractivity contribution >= 4 is 28.6 Å². The summed E-state index contributed by atoms with van der Waals surface area (Å²) in [6.45, 7) is 0.346. The maximum absolute atomic E-state index is 12.3. The molecule has 0 aliphatic carbocycles. The van der Waals surface area contributed by atoms with Gasteiger partial charge in [0.05, 0.1) is 0 Å². The third-order valence-electron chi connectivity index (χ3n) is 3.81. The minimum Gasteiger partial charge on any atom is -0.351 e. The van der Waals surface area contributed by atoms with Crippen LogP contribution in [0.1, 0.15) is 15.9 Å². The van der Waals surface area contributed by atoms with E-state index < -0.39 is 5.51 Å². The summed E-state index contributed by atoms with van der Waals surface area (Å²) in [6.07, 6.45) is 1.95. The Morgan fingerprint density at radius 2 is 1.84 bits per heavy atom. The van der Waals surface area contributed by atoms with E-state index in [0.717, 1.165) is 16.5 Å². The maximum Gasteiger partial charge on any atom is 0.446 e. The van der Waals surface area contributed by atoms with E-state index in [4.69, 9.17) is 0 Å². The lowest BCUT2D eigenvalue weighted by atomic mass is 10.1. The third-order valence-corrected chi connectivity index (χ3v) is 4.55. The molecule has 1 aromatic heterocycles. The lowest BCUT2D eigenvalue weighted by Gasteiger charge is -2.09. The summed E-state index contributed by atoms with van der Waals surface area (Å²) < 4.78 is 39.0. The Hall–Kier alpha value is -2.41. The largest absolute Gasteiger partial charge is 0.446 e. The number of aromatic nitrogens is 1. The molecule has 1 heterocycles. The molecule has 130 valence electrons. The zero-order valence-electron chi connectivity index (χ0n) is 13.3. The molecule has 2 aromatic carbocycles. The third kappa shape index (κ3) is 4.17. The number of halogens is 3. The number of carbonyl (C=O) groups is 1. The predicted octanol–water partition coefficient (Wildman–Crippen LogP) is 4.72. The van der Waals surface area contributed by atoms with Gasteiger partial charge in [0.25, 0.3) is 5.91 Å². The highest BCUT2D eigenvalue weighted by Gasteiger charge is 2.29. The van der Waals surface area contributed by atoms with Gasteiger partial charge < -0.3 is 9.88 Å². The molecule has 7 heteroatoms. The second-order valence-corrected chi connectivity index (χ2v) is 6.67. The molecule has 0 saturated carbocycles. The van der Waals surface area contributed by atoms with Crippen LogP contribution in [0.5, 0.6) is 0 Å². The number of amides is 1. The highest BCUT2D eigenvalue weighted by atomic mass is 32.2. The Bertz CT molecular complexity index is 901. The van der Waals surface area contributed by atoms with Gasteiger partial charge >= 0.3 is 5.51 Å². The van der Waals surface area contributed by atoms with Gasteiger partial charge in [0.15, 0.2) is 0 Å². The van der Waals surface area contributed by atoms with Crippen LogP contribution in [0.2, 0.25) is 0 Å². The van der Waals surface area contributed by atoms with Gasteiger partial charge in [-0.05, 0) is 53.7 Å². The minimum atomic E-state index is -4.34. The second-order valence-electron chi connectivity index (χ2n) is 5.53. The van der Waals surface area contributed by atoms with Gasteiger partial charge in [0, 0.05) is 41.2 Å². The first-order valence-electron chi connectivity index (χ1n) is 7.50. The van der Waals surface area contributed by atoms with Crippen molar-refractivity contribution in [2.24, 2.45) is 7.05 Å². The molecule has 0 saturated heterocycles. The van der Waals surface area contributed by atoms with E-state index in [9.17, 15) is 18.0 Å². The van der Waals surface area contributed by atoms with Crippen LogP contribution in [0, 0.1) is 0 Å². The van der Waals surface area contributed by atoms with E-state index in [0.29, 0.717) is 12.1 Å². The molecular weight excluding hydrogens is 349 g/mol. The summed E-state index contributed by atoms with van der Waals surface area (Å²) in [5.41, 5.74) is -1.96. The molecule has 0 fully saturated rings. The molecule has 0 aliphatic rings. The van der Waals surface area contributed by atoms with Gasteiger partial charge in [-0.25, -0.2) is 0 Å². The molecule has 0 radical (unpaired) electrons. The molecule has 3 rings (SSSR count). The number of benzene rings is 2. The van der Waals surface area contributed by atoms with Gasteiger partial charge in [-0.1, -0.05) is 12.1 Å². The molecule has 0 spiro atoms. The number of carbonyl (C=O) groups excluding carboxylic acids is 1. The summed E-state index contributed by atoms with van der Waals surface area (Å²) in [5, 5.41) is 3.86. The SMILES string of the molecule is Cn1ccc2c(CNC(=O)c3ccc(SC(F)(F)F)cc3)cccc21. The Morgan fingerprint density at radius 1 is 1.12 bits per heavy atom. The molecule has 0 bridgehead atoms. The van der Waals surface area contributed by atoms with Gasteiger partial charge in [0.2, 0.25) is 0 Å². The monoisotopic (exact) mass is 364 g/mol. The lowest BCUT2D eigenvalue weighted by molar-refractivity contribution is -0.0328. The predicted molar refractivity (Wildman–Crippen MR) is 92.4 cm³/mol. The van der Waals surface area contributed by atoms with Crippen molar-refractivity contribution < 1.29 is 18.0 Å². The van der Waals surface area contributed by atoms with Crippen LogP contribution in [-0.2, 0) is 13.6 Å². The maximum atomic E-state index is 12.3. The minimum absolute atomic E-state index is 0.0538. The molecule has 1 N–H and O–H groups in total. The fourth-order valence-corrected chi connectivity index (χ4v) is 3.15. The number of thioether (sulfide) groups is 1. The van der Waals surface area contributed by atoms with Crippen molar-refractivity contribution in [1.29, 1.82) is 0 Å². The van der Waals surface area contributed by atoms with E-state index in [-0.39, 0.29) is 22.6 Å². The number of alkyl halides is 3. The van der Waals surface area contributed by atoms with Crippen LogP contribution in [-0.4, -0.2) is 16.0 Å². The second kappa shape index (κ2) is 6.84. The topological polar surface area (TPSA) is 34.0 Å². The Morgan fingerprint density at radius 3 is 2.52 bits per heavy atom. The highest BCUT2D eigenvalue weighted by Crippen LogP contribution is 2.36. The smallest absolute Gasteiger partial charge is 0.351 e. The van der Waals surface area contributed by atoms with E-state index in [1.807, 2.05) is 42.1 Å². The fourth-order valence-electron chi connectivity index (χ4n) is 2.61. The molecule has 3 nitrogen and oxygen atoms in total. The van der Waals surface area contributed by atoms with Crippen LogP contribution < -0.4 is 5.32 Å². The summed E-state index contributed by atoms with van der Waals surface area (Å²) >= 11 is -0.199. The van der Waals surface area contributed by atoms with Crippen LogP contribution in [0.25, 0.3) is 10.9 Å². The highest BCUT2D eigenvalue weighted by molar-refractivity contribution is 8.00. The van der Waals surface area contributed by atoms with E-state index >= 15 is 0 Å². The molecule has 0 atom stereocenters. The average Bonchev–Trinajstić information content (AvgIpc) is 2.94. The van der Waals surface area contributed by atoms with Crippen molar-refractivity contribution in [2.45, 2.75) is 16.9 Å². The number of rotatable bonds is 4. The number of hydrogen-bond donors (Lipinski definition) is 1. The standard InChI is InChI=1S/C18H15F3N2OS/c1-23-10-9-15-13(3-2-4-16(15)23)11-22-17(24)12-5-7-14(8-6-12)25-18(19,20)21/h2-10H,11H2,1H3,(H,22,24). The van der Waals surface area contributed by atoms with Gasteiger partial charge in [-0.3, -0.25) is 4.79 Å². The molecule has 1 amide bonds. The van der Waals surface area contributed by atoms with Crippen molar-refractivity contribution in [3.05, 3.63) is 65.9 Å². The average molecular weight is 364 g/mol. The summed E-state index contributed by atoms with van der Waals surface area (Å²) in [5.74, 6) is -0.323. The quantitative estimate of drug-likeness (QED) is 0.680. The van der Waals surface area contributed by atoms with Crippen molar-refractivity contribution in [3.63, 3.8) is 0 Å². The van der Waals surface area contributed by atoms with Crippen LogP contribution in [0.3, 0.4) is 0 Å². The molecule has 0 unspecified atom stereocenters. The van der Waals surface area contributed by atoms with E-state index in [2.05, 4.69) is 5.32 Å².